The molecule has 0 radical (unpaired) electrons. The summed E-state index contributed by atoms with van der Waals surface area (Å²) in [5.41, 5.74) is -5.81. The number of ether oxygens (including phenoxy) is 1. The summed E-state index contributed by atoms with van der Waals surface area (Å²) < 4.78 is 128. The first-order chi connectivity index (χ1) is 12.1. The largest absolute Gasteiger partial charge is 0.534 e. The molecular formula is C11H5F8N3O4S. The minimum atomic E-state index is -6.01. The van der Waals surface area contributed by atoms with E-state index in [9.17, 15) is 43.5 Å². The molecule has 16 heteroatoms. The summed E-state index contributed by atoms with van der Waals surface area (Å²) in [5, 5.41) is 3.26. The van der Waals surface area contributed by atoms with Gasteiger partial charge in [0.25, 0.3) is 0 Å². The van der Waals surface area contributed by atoms with E-state index in [4.69, 9.17) is 0 Å². The van der Waals surface area contributed by atoms with E-state index < -0.39 is 39.7 Å². The third kappa shape index (κ3) is 4.55. The third-order valence-corrected chi connectivity index (χ3v) is 3.55. The number of halogens is 8. The Kier molecular flexibility index (Phi) is 4.98. The van der Waals surface area contributed by atoms with E-state index in [2.05, 4.69) is 19.0 Å². The van der Waals surface area contributed by atoms with Crippen molar-refractivity contribution in [2.24, 2.45) is 0 Å². The van der Waals surface area contributed by atoms with Gasteiger partial charge in [-0.15, -0.1) is 5.10 Å². The first-order valence-electron chi connectivity index (χ1n) is 6.29. The van der Waals surface area contributed by atoms with Crippen molar-refractivity contribution in [2.45, 2.75) is 17.8 Å². The number of hydrogen-bond donors (Lipinski definition) is 0. The van der Waals surface area contributed by atoms with Crippen LogP contribution in [-0.4, -0.2) is 41.0 Å². The number of aromatic nitrogens is 3. The van der Waals surface area contributed by atoms with Gasteiger partial charge in [0.15, 0.2) is 0 Å². The molecule has 2 rings (SSSR count). The molecule has 0 spiro atoms. The molecule has 0 aliphatic rings. The molecule has 0 fully saturated rings. The van der Waals surface area contributed by atoms with Gasteiger partial charge in [0.2, 0.25) is 0 Å². The molecule has 0 atom stereocenters. The maximum atomic E-state index is 12.8. The maximum Gasteiger partial charge on any atom is 0.534 e. The third-order valence-electron chi connectivity index (χ3n) is 2.62. The number of nitrogens with zero attached hydrogens (tertiary/aromatic N) is 3. The van der Waals surface area contributed by atoms with Crippen LogP contribution in [-0.2, 0) is 10.1 Å². The second-order valence-electron chi connectivity index (χ2n) is 4.57. The summed E-state index contributed by atoms with van der Waals surface area (Å²) >= 11 is 0. The first kappa shape index (κ1) is 20.7. The van der Waals surface area contributed by atoms with Gasteiger partial charge in [-0.05, 0) is 24.3 Å². The van der Waals surface area contributed by atoms with Crippen LogP contribution in [0.5, 0.6) is 11.8 Å². The highest BCUT2D eigenvalue weighted by Gasteiger charge is 2.61. The Morgan fingerprint density at radius 1 is 0.926 bits per heavy atom. The molecule has 1 heterocycles. The predicted molar refractivity (Wildman–Crippen MR) is 68.6 cm³/mol. The van der Waals surface area contributed by atoms with E-state index in [1.165, 1.54) is 0 Å². The van der Waals surface area contributed by atoms with Gasteiger partial charge in [-0.25, -0.2) is 4.68 Å². The molecule has 0 unspecified atom stereocenters. The van der Waals surface area contributed by atoms with Crippen LogP contribution in [0.3, 0.4) is 0 Å². The molecule has 0 aliphatic carbocycles. The maximum absolute atomic E-state index is 12.8. The lowest BCUT2D eigenvalue weighted by Crippen LogP contribution is -2.41. The smallest absolute Gasteiger partial charge is 0.426 e. The highest BCUT2D eigenvalue weighted by Crippen LogP contribution is 2.37. The Bertz CT molecular complexity index is 905. The molecule has 2 aromatic rings. The summed E-state index contributed by atoms with van der Waals surface area (Å²) in [4.78, 5) is 3.16. The normalized spacial score (nSPS) is 13.5. The zero-order valence-corrected chi connectivity index (χ0v) is 13.1. The van der Waals surface area contributed by atoms with E-state index in [1.807, 2.05) is 0 Å². The number of hydrogen-bond acceptors (Lipinski definition) is 6. The number of rotatable bonds is 5. The van der Waals surface area contributed by atoms with Crippen LogP contribution in [0.1, 0.15) is 0 Å². The molecule has 1 aromatic carbocycles. The Labute approximate surface area is 144 Å². The molecule has 27 heavy (non-hydrogen) atoms. The van der Waals surface area contributed by atoms with E-state index in [1.54, 1.807) is 0 Å². The van der Waals surface area contributed by atoms with Crippen LogP contribution in [0, 0.1) is 0 Å². The van der Waals surface area contributed by atoms with Crippen LogP contribution in [0.25, 0.3) is 5.69 Å². The van der Waals surface area contributed by atoms with Gasteiger partial charge in [0.1, 0.15) is 12.1 Å². The summed E-state index contributed by atoms with van der Waals surface area (Å²) in [7, 11) is -6.01. The summed E-state index contributed by atoms with van der Waals surface area (Å²) in [6.07, 6.45) is -10.7. The molecule has 7 nitrogen and oxygen atoms in total. The van der Waals surface area contributed by atoms with E-state index >= 15 is 0 Å². The molecule has 0 saturated heterocycles. The fourth-order valence-corrected chi connectivity index (χ4v) is 1.80. The molecule has 0 bridgehead atoms. The fraction of sp³-hybridized carbons (Fsp3) is 0.273. The molecule has 0 amide bonds. The van der Waals surface area contributed by atoms with E-state index in [0.29, 0.717) is 23.1 Å². The Hall–Kier alpha value is -2.65. The van der Waals surface area contributed by atoms with Crippen molar-refractivity contribution in [1.29, 1.82) is 0 Å². The Morgan fingerprint density at radius 2 is 1.48 bits per heavy atom. The van der Waals surface area contributed by atoms with Crippen molar-refractivity contribution in [3.63, 3.8) is 0 Å². The van der Waals surface area contributed by atoms with Crippen molar-refractivity contribution in [3.8, 4) is 17.4 Å². The second kappa shape index (κ2) is 6.50. The highest BCUT2D eigenvalue weighted by atomic mass is 32.2. The molecule has 0 saturated carbocycles. The van der Waals surface area contributed by atoms with Gasteiger partial charge in [-0.1, -0.05) is 0 Å². The van der Waals surface area contributed by atoms with Crippen molar-refractivity contribution in [2.75, 3.05) is 0 Å². The minimum Gasteiger partial charge on any atom is -0.426 e. The summed E-state index contributed by atoms with van der Waals surface area (Å²) in [6.45, 7) is 0. The van der Waals surface area contributed by atoms with E-state index in [0.717, 1.165) is 12.1 Å². The SMILES string of the molecule is O=S(=O)(Oc1ncn(-c2ccc(OC(F)(F)C(F)(F)F)cc2)n1)C(F)(F)F. The predicted octanol–water partition coefficient (Wildman–Crippen LogP) is 3.03. The van der Waals surface area contributed by atoms with Crippen LogP contribution in [0.4, 0.5) is 35.1 Å². The minimum absolute atomic E-state index is 0.0931. The lowest BCUT2D eigenvalue weighted by atomic mass is 10.3. The van der Waals surface area contributed by atoms with Crippen LogP contribution in [0.2, 0.25) is 0 Å². The molecule has 0 aliphatic heterocycles. The van der Waals surface area contributed by atoms with Crippen LogP contribution < -0.4 is 8.92 Å². The van der Waals surface area contributed by atoms with Crippen LogP contribution >= 0.6 is 0 Å². The molecular weight excluding hydrogens is 422 g/mol. The zero-order chi connectivity index (χ0) is 20.7. The van der Waals surface area contributed by atoms with Gasteiger partial charge in [-0.2, -0.15) is 48.5 Å². The van der Waals surface area contributed by atoms with Gasteiger partial charge < -0.3 is 8.92 Å². The highest BCUT2D eigenvalue weighted by molar-refractivity contribution is 7.87. The fourth-order valence-electron chi connectivity index (χ4n) is 1.43. The first-order valence-corrected chi connectivity index (χ1v) is 7.70. The molecule has 1 aromatic heterocycles. The Balaban J connectivity index is 2.16. The van der Waals surface area contributed by atoms with Crippen molar-refractivity contribution < 1.29 is 52.5 Å². The molecule has 0 N–H and O–H groups in total. The average molecular weight is 427 g/mol. The summed E-state index contributed by atoms with van der Waals surface area (Å²) in [5.74, 6) is -0.877. The number of benzene rings is 1. The van der Waals surface area contributed by atoms with Crippen molar-refractivity contribution in [1.82, 2.24) is 14.8 Å². The van der Waals surface area contributed by atoms with Crippen LogP contribution in [0.15, 0.2) is 30.6 Å². The van der Waals surface area contributed by atoms with Crippen molar-refractivity contribution >= 4 is 10.1 Å². The number of alkyl halides is 8. The topological polar surface area (TPSA) is 83.3 Å². The quantitative estimate of drug-likeness (QED) is 0.415. The zero-order valence-electron chi connectivity index (χ0n) is 12.3. The lowest BCUT2D eigenvalue weighted by molar-refractivity contribution is -0.360. The van der Waals surface area contributed by atoms with E-state index in [-0.39, 0.29) is 5.69 Å². The average Bonchev–Trinajstić information content (AvgIpc) is 2.93. The lowest BCUT2D eigenvalue weighted by Gasteiger charge is -2.20. The monoisotopic (exact) mass is 427 g/mol. The van der Waals surface area contributed by atoms with Gasteiger partial charge >= 0.3 is 33.9 Å². The van der Waals surface area contributed by atoms with Gasteiger partial charge in [0.05, 0.1) is 5.69 Å². The standard InChI is InChI=1S/C11H5F8N3O4S/c12-9(13,14)10(15,16)25-7-3-1-6(2-4-7)22-5-20-8(21-22)26-27(23,24)11(17,18)19/h1-5H. The van der Waals surface area contributed by atoms with Crippen molar-refractivity contribution in [3.05, 3.63) is 30.6 Å². The Morgan fingerprint density at radius 3 is 1.96 bits per heavy atom. The second-order valence-corrected chi connectivity index (χ2v) is 6.10. The summed E-state index contributed by atoms with van der Waals surface area (Å²) in [6, 6.07) is 1.97. The van der Waals surface area contributed by atoms with Gasteiger partial charge in [0, 0.05) is 0 Å². The van der Waals surface area contributed by atoms with Gasteiger partial charge in [-0.3, -0.25) is 0 Å². The molecule has 150 valence electrons.